The van der Waals surface area contributed by atoms with Gasteiger partial charge in [0.2, 0.25) is 23.8 Å². The number of aromatic nitrogens is 5. The number of ketones is 1. The number of hydrogen-bond acceptors (Lipinski definition) is 11. The highest BCUT2D eigenvalue weighted by atomic mass is 19.3. The maximum absolute atomic E-state index is 13.8. The zero-order chi connectivity index (χ0) is 26.4. The van der Waals surface area contributed by atoms with E-state index < -0.39 is 12.1 Å². The number of carbonyl (C=O) groups excluding carboxylic acids is 2. The first-order chi connectivity index (χ1) is 17.9. The number of nitrogen functional groups attached to an aromatic ring is 1. The lowest BCUT2D eigenvalue weighted by atomic mass is 10.2. The number of nitrogens with two attached hydrogens (primary N) is 1. The normalized spacial score (nSPS) is 16.6. The van der Waals surface area contributed by atoms with Crippen molar-refractivity contribution in [2.45, 2.75) is 26.2 Å². The fourth-order valence-corrected chi connectivity index (χ4v) is 4.08. The number of rotatable bonds is 8. The number of morpholine rings is 1. The number of piperazine rings is 1. The first-order valence-corrected chi connectivity index (χ1v) is 12.0. The summed E-state index contributed by atoms with van der Waals surface area (Å²) in [6.07, 6.45) is 1.72. The maximum Gasteiger partial charge on any atom is 0.281 e. The molecule has 4 heterocycles. The van der Waals surface area contributed by atoms with Crippen LogP contribution in [0.25, 0.3) is 11.4 Å². The maximum atomic E-state index is 13.8. The third-order valence-electron chi connectivity index (χ3n) is 6.04. The molecule has 0 radical (unpaired) electrons. The SMILES string of the molecule is C/C=C/C(=O)CCC(=O)N1CCN(c2nc(-c3cnc(N)nc3C(F)F)nc(N3CCOCC3)n2)CC1. The van der Waals surface area contributed by atoms with Crippen LogP contribution in [0.5, 0.6) is 0 Å². The van der Waals surface area contributed by atoms with Crippen LogP contribution in [0.3, 0.4) is 0 Å². The predicted octanol–water partition coefficient (Wildman–Crippen LogP) is 1.26. The molecule has 0 aromatic carbocycles. The van der Waals surface area contributed by atoms with E-state index in [0.717, 1.165) is 0 Å². The van der Waals surface area contributed by atoms with Gasteiger partial charge in [-0.1, -0.05) is 6.08 Å². The molecule has 2 saturated heterocycles. The lowest BCUT2D eigenvalue weighted by molar-refractivity contribution is -0.132. The van der Waals surface area contributed by atoms with Crippen molar-refractivity contribution in [2.75, 3.05) is 68.0 Å². The van der Waals surface area contributed by atoms with Gasteiger partial charge < -0.3 is 25.2 Å². The summed E-state index contributed by atoms with van der Waals surface area (Å²) in [5.41, 5.74) is 4.95. The fraction of sp³-hybridized carbons (Fsp3) is 0.522. The van der Waals surface area contributed by atoms with Gasteiger partial charge in [-0.3, -0.25) is 9.59 Å². The van der Waals surface area contributed by atoms with Crippen molar-refractivity contribution >= 4 is 29.5 Å². The molecular weight excluding hydrogens is 488 g/mol. The smallest absolute Gasteiger partial charge is 0.281 e. The van der Waals surface area contributed by atoms with Gasteiger partial charge in [-0.15, -0.1) is 0 Å². The first kappa shape index (κ1) is 26.3. The largest absolute Gasteiger partial charge is 0.378 e. The molecule has 2 fully saturated rings. The number of halogens is 2. The first-order valence-electron chi connectivity index (χ1n) is 12.0. The van der Waals surface area contributed by atoms with Crippen LogP contribution in [0.2, 0.25) is 0 Å². The number of ether oxygens (including phenoxy) is 1. The van der Waals surface area contributed by atoms with Gasteiger partial charge in [0.05, 0.1) is 18.8 Å². The van der Waals surface area contributed by atoms with Crippen LogP contribution in [0.1, 0.15) is 31.9 Å². The average Bonchev–Trinajstić information content (AvgIpc) is 2.92. The Bertz CT molecular complexity index is 1150. The molecule has 2 aliphatic rings. The minimum absolute atomic E-state index is 0.0165. The summed E-state index contributed by atoms with van der Waals surface area (Å²) in [5, 5.41) is 0. The van der Waals surface area contributed by atoms with Crippen LogP contribution in [0.15, 0.2) is 18.3 Å². The number of nitrogens with zero attached hydrogens (tertiary/aromatic N) is 8. The standard InChI is InChI=1S/C23H29F2N9O3/c1-2-3-15(35)4-5-17(36)32-6-8-33(9-7-32)22-29-20(16-14-27-21(26)28-18(16)19(24)25)30-23(31-22)34-10-12-37-13-11-34/h2-3,14,19H,4-13H2,1H3,(H2,26,27,28)/b3-2+. The second-order valence-corrected chi connectivity index (χ2v) is 8.52. The molecule has 2 aromatic heterocycles. The topological polar surface area (TPSA) is 144 Å². The van der Waals surface area contributed by atoms with Gasteiger partial charge in [-0.2, -0.15) is 15.0 Å². The molecule has 1 amide bonds. The fourth-order valence-electron chi connectivity index (χ4n) is 4.08. The number of anilines is 3. The molecule has 14 heteroatoms. The van der Waals surface area contributed by atoms with E-state index in [1.807, 2.05) is 9.80 Å². The van der Waals surface area contributed by atoms with E-state index in [-0.39, 0.29) is 41.9 Å². The van der Waals surface area contributed by atoms with Gasteiger partial charge >= 0.3 is 0 Å². The Morgan fingerprint density at radius 2 is 1.65 bits per heavy atom. The Balaban J connectivity index is 1.56. The van der Waals surface area contributed by atoms with Crippen LogP contribution in [-0.2, 0) is 14.3 Å². The van der Waals surface area contributed by atoms with E-state index in [1.165, 1.54) is 12.3 Å². The van der Waals surface area contributed by atoms with Crippen molar-refractivity contribution < 1.29 is 23.1 Å². The minimum Gasteiger partial charge on any atom is -0.378 e. The molecule has 2 aromatic rings. The average molecular weight is 518 g/mol. The monoisotopic (exact) mass is 517 g/mol. The second kappa shape index (κ2) is 12.0. The highest BCUT2D eigenvalue weighted by molar-refractivity contribution is 5.92. The summed E-state index contributed by atoms with van der Waals surface area (Å²) in [6, 6.07) is 0. The van der Waals surface area contributed by atoms with Gasteiger partial charge in [-0.25, -0.2) is 18.7 Å². The molecule has 0 unspecified atom stereocenters. The Morgan fingerprint density at radius 1 is 1.00 bits per heavy atom. The van der Waals surface area contributed by atoms with E-state index in [9.17, 15) is 18.4 Å². The molecule has 0 bridgehead atoms. The molecule has 2 N–H and O–H groups in total. The Hall–Kier alpha value is -3.81. The van der Waals surface area contributed by atoms with Gasteiger partial charge in [0.1, 0.15) is 5.69 Å². The van der Waals surface area contributed by atoms with Crippen LogP contribution >= 0.6 is 0 Å². The number of hydrogen-bond donors (Lipinski definition) is 1. The number of alkyl halides is 2. The van der Waals surface area contributed by atoms with Crippen molar-refractivity contribution in [3.63, 3.8) is 0 Å². The van der Waals surface area contributed by atoms with Crippen molar-refractivity contribution in [3.8, 4) is 11.4 Å². The van der Waals surface area contributed by atoms with Crippen molar-refractivity contribution in [3.05, 3.63) is 24.0 Å². The third kappa shape index (κ3) is 6.50. The van der Waals surface area contributed by atoms with E-state index in [0.29, 0.717) is 64.4 Å². The zero-order valence-electron chi connectivity index (χ0n) is 20.5. The van der Waals surface area contributed by atoms with E-state index in [2.05, 4.69) is 24.9 Å². The second-order valence-electron chi connectivity index (χ2n) is 8.52. The van der Waals surface area contributed by atoms with Crippen molar-refractivity contribution in [1.82, 2.24) is 29.8 Å². The molecule has 198 valence electrons. The molecule has 0 aliphatic carbocycles. The van der Waals surface area contributed by atoms with Gasteiger partial charge in [-0.05, 0) is 13.0 Å². The summed E-state index contributed by atoms with van der Waals surface area (Å²) in [4.78, 5) is 50.9. The van der Waals surface area contributed by atoms with Crippen molar-refractivity contribution in [1.29, 1.82) is 0 Å². The minimum atomic E-state index is -2.90. The quantitative estimate of drug-likeness (QED) is 0.505. The van der Waals surface area contributed by atoms with Gasteiger partial charge in [0, 0.05) is 58.3 Å². The Morgan fingerprint density at radius 3 is 2.27 bits per heavy atom. The zero-order valence-corrected chi connectivity index (χ0v) is 20.5. The predicted molar refractivity (Wildman–Crippen MR) is 131 cm³/mol. The lowest BCUT2D eigenvalue weighted by Gasteiger charge is -2.35. The number of carbonyl (C=O) groups is 2. The molecule has 0 spiro atoms. The van der Waals surface area contributed by atoms with Crippen LogP contribution in [-0.4, -0.2) is 94.0 Å². The molecule has 4 rings (SSSR count). The lowest BCUT2D eigenvalue weighted by Crippen LogP contribution is -2.49. The Kier molecular flexibility index (Phi) is 8.48. The number of amides is 1. The van der Waals surface area contributed by atoms with E-state index in [4.69, 9.17) is 10.5 Å². The van der Waals surface area contributed by atoms with E-state index in [1.54, 1.807) is 17.9 Å². The van der Waals surface area contributed by atoms with Crippen molar-refractivity contribution in [2.24, 2.45) is 0 Å². The molecule has 0 saturated carbocycles. The Labute approximate surface area is 212 Å². The number of allylic oxidation sites excluding steroid dienone is 2. The molecule has 2 aliphatic heterocycles. The summed E-state index contributed by atoms with van der Waals surface area (Å²) >= 11 is 0. The van der Waals surface area contributed by atoms with E-state index >= 15 is 0 Å². The summed E-state index contributed by atoms with van der Waals surface area (Å²) < 4.78 is 32.9. The summed E-state index contributed by atoms with van der Waals surface area (Å²) in [5.74, 6) is 0.207. The van der Waals surface area contributed by atoms with Gasteiger partial charge in [0.15, 0.2) is 11.6 Å². The molecule has 37 heavy (non-hydrogen) atoms. The third-order valence-corrected chi connectivity index (χ3v) is 6.04. The van der Waals surface area contributed by atoms with Crippen LogP contribution in [0.4, 0.5) is 26.6 Å². The highest BCUT2D eigenvalue weighted by Gasteiger charge is 2.27. The molecule has 0 atom stereocenters. The van der Waals surface area contributed by atoms with Gasteiger partial charge in [0.25, 0.3) is 6.43 Å². The molecule has 12 nitrogen and oxygen atoms in total. The summed E-state index contributed by atoms with van der Waals surface area (Å²) in [6.45, 7) is 5.50. The van der Waals surface area contributed by atoms with Crippen LogP contribution < -0.4 is 15.5 Å². The highest BCUT2D eigenvalue weighted by Crippen LogP contribution is 2.30. The van der Waals surface area contributed by atoms with Crippen LogP contribution in [0, 0.1) is 0 Å². The molecular formula is C23H29F2N9O3. The summed E-state index contributed by atoms with van der Waals surface area (Å²) in [7, 11) is 0.